The molecule has 6 nitrogen and oxygen atoms in total. The van der Waals surface area contributed by atoms with Crippen molar-refractivity contribution < 1.29 is 19.0 Å². The molecule has 0 saturated carbocycles. The molecule has 158 valence electrons. The zero-order chi connectivity index (χ0) is 22.2. The van der Waals surface area contributed by atoms with Crippen molar-refractivity contribution in [3.8, 4) is 23.3 Å². The zero-order valence-corrected chi connectivity index (χ0v) is 17.8. The van der Waals surface area contributed by atoms with Crippen LogP contribution in [-0.4, -0.2) is 26.7 Å². The monoisotopic (exact) mass is 416 g/mol. The Kier molecular flexibility index (Phi) is 7.13. The summed E-state index contributed by atoms with van der Waals surface area (Å²) in [5, 5.41) is 14.4. The Bertz CT molecular complexity index is 1160. The average Bonchev–Trinajstić information content (AvgIpc) is 2.81. The summed E-state index contributed by atoms with van der Waals surface area (Å²) in [5.74, 6) is 1.40. The maximum Gasteiger partial charge on any atom is 0.262 e. The lowest BCUT2D eigenvalue weighted by molar-refractivity contribution is -0.117. The summed E-state index contributed by atoms with van der Waals surface area (Å²) in [6.45, 7) is 2.58. The number of benzene rings is 3. The lowest BCUT2D eigenvalue weighted by Crippen LogP contribution is -2.24. The van der Waals surface area contributed by atoms with E-state index in [1.807, 2.05) is 55.5 Å². The van der Waals surface area contributed by atoms with Gasteiger partial charge in [0, 0.05) is 23.7 Å². The molecular formula is C25H24N2O4. The Morgan fingerprint density at radius 3 is 2.58 bits per heavy atom. The van der Waals surface area contributed by atoms with Gasteiger partial charge in [-0.3, -0.25) is 4.79 Å². The molecule has 3 aromatic rings. The van der Waals surface area contributed by atoms with Crippen molar-refractivity contribution in [3.05, 3.63) is 71.3 Å². The van der Waals surface area contributed by atoms with Crippen molar-refractivity contribution in [1.29, 1.82) is 5.26 Å². The molecule has 0 aliphatic heterocycles. The summed E-state index contributed by atoms with van der Waals surface area (Å²) >= 11 is 0. The van der Waals surface area contributed by atoms with Gasteiger partial charge in [0.05, 0.1) is 20.8 Å². The number of amides is 1. The van der Waals surface area contributed by atoms with Gasteiger partial charge in [0.1, 0.15) is 28.9 Å². The van der Waals surface area contributed by atoms with Gasteiger partial charge in [-0.05, 0) is 42.0 Å². The molecular weight excluding hydrogens is 392 g/mol. The average molecular weight is 416 g/mol. The molecule has 0 aliphatic rings. The van der Waals surface area contributed by atoms with E-state index in [1.54, 1.807) is 32.4 Å². The van der Waals surface area contributed by atoms with Crippen LogP contribution in [0.2, 0.25) is 0 Å². The predicted octanol–water partition coefficient (Wildman–Crippen LogP) is 4.48. The van der Waals surface area contributed by atoms with Gasteiger partial charge in [0.25, 0.3) is 5.91 Å². The van der Waals surface area contributed by atoms with Gasteiger partial charge in [-0.15, -0.1) is 0 Å². The molecule has 0 saturated heterocycles. The van der Waals surface area contributed by atoms with Crippen LogP contribution in [0.5, 0.6) is 17.2 Å². The molecule has 0 bridgehead atoms. The van der Waals surface area contributed by atoms with Crippen LogP contribution >= 0.6 is 0 Å². The van der Waals surface area contributed by atoms with Crippen LogP contribution in [-0.2, 0) is 11.3 Å². The highest BCUT2D eigenvalue weighted by Gasteiger charge is 2.14. The fourth-order valence-corrected chi connectivity index (χ4v) is 3.27. The highest BCUT2D eigenvalue weighted by molar-refractivity contribution is 6.05. The highest BCUT2D eigenvalue weighted by Crippen LogP contribution is 2.30. The molecule has 0 unspecified atom stereocenters. The van der Waals surface area contributed by atoms with E-state index in [0.717, 1.165) is 16.3 Å². The van der Waals surface area contributed by atoms with Crippen molar-refractivity contribution in [2.24, 2.45) is 0 Å². The zero-order valence-electron chi connectivity index (χ0n) is 17.8. The molecule has 6 heteroatoms. The number of nitrogens with zero attached hydrogens (tertiary/aromatic N) is 1. The largest absolute Gasteiger partial charge is 0.497 e. The second-order valence-electron chi connectivity index (χ2n) is 6.66. The lowest BCUT2D eigenvalue weighted by atomic mass is 10.0. The normalized spacial score (nSPS) is 11.0. The minimum absolute atomic E-state index is 0.00946. The molecule has 0 spiro atoms. The molecule has 0 fully saturated rings. The number of rotatable bonds is 8. The van der Waals surface area contributed by atoms with E-state index in [2.05, 4.69) is 5.32 Å². The fourth-order valence-electron chi connectivity index (χ4n) is 3.27. The molecule has 0 atom stereocenters. The Labute approximate surface area is 181 Å². The van der Waals surface area contributed by atoms with E-state index < -0.39 is 5.91 Å². The summed E-state index contributed by atoms with van der Waals surface area (Å²) in [5.41, 5.74) is 1.47. The molecule has 31 heavy (non-hydrogen) atoms. The fraction of sp³-hybridized carbons (Fsp3) is 0.200. The van der Waals surface area contributed by atoms with Gasteiger partial charge in [0.15, 0.2) is 0 Å². The summed E-state index contributed by atoms with van der Waals surface area (Å²) in [6, 6.07) is 18.9. The van der Waals surface area contributed by atoms with Crippen molar-refractivity contribution in [3.63, 3.8) is 0 Å². The number of methoxy groups -OCH3 is 2. The maximum absolute atomic E-state index is 12.8. The van der Waals surface area contributed by atoms with Crippen molar-refractivity contribution in [1.82, 2.24) is 5.32 Å². The lowest BCUT2D eigenvalue weighted by Gasteiger charge is -2.12. The number of fused-ring (bicyclic) bond motifs is 1. The minimum Gasteiger partial charge on any atom is -0.497 e. The van der Waals surface area contributed by atoms with Crippen LogP contribution in [0.15, 0.2) is 60.2 Å². The number of nitriles is 1. The molecule has 0 heterocycles. The summed E-state index contributed by atoms with van der Waals surface area (Å²) in [6.07, 6.45) is 1.58. The van der Waals surface area contributed by atoms with E-state index in [0.29, 0.717) is 29.4 Å². The number of hydrogen-bond donors (Lipinski definition) is 1. The summed E-state index contributed by atoms with van der Waals surface area (Å²) in [7, 11) is 3.13. The molecule has 0 aromatic heterocycles. The standard InChI is InChI=1S/C25H24N2O4/c1-4-31-23-12-10-17-7-5-6-8-21(17)22(23)13-19(15-26)25(28)27-16-18-9-11-20(29-2)14-24(18)30-3/h5-14H,4,16H2,1-3H3,(H,27,28)/b19-13+. The number of hydrogen-bond acceptors (Lipinski definition) is 5. The molecule has 0 radical (unpaired) electrons. The molecule has 0 aliphatic carbocycles. The first kappa shape index (κ1) is 21.7. The Balaban J connectivity index is 1.90. The van der Waals surface area contributed by atoms with Gasteiger partial charge in [-0.2, -0.15) is 5.26 Å². The van der Waals surface area contributed by atoms with Gasteiger partial charge in [0.2, 0.25) is 0 Å². The first-order chi connectivity index (χ1) is 15.1. The molecule has 3 rings (SSSR count). The second kappa shape index (κ2) is 10.2. The van der Waals surface area contributed by atoms with Crippen LogP contribution in [0.4, 0.5) is 0 Å². The smallest absolute Gasteiger partial charge is 0.262 e. The predicted molar refractivity (Wildman–Crippen MR) is 120 cm³/mol. The highest BCUT2D eigenvalue weighted by atomic mass is 16.5. The summed E-state index contributed by atoms with van der Waals surface area (Å²) < 4.78 is 16.3. The van der Waals surface area contributed by atoms with E-state index >= 15 is 0 Å². The van der Waals surface area contributed by atoms with Gasteiger partial charge in [-0.25, -0.2) is 0 Å². The first-order valence-corrected chi connectivity index (χ1v) is 9.86. The van der Waals surface area contributed by atoms with Gasteiger partial charge in [-0.1, -0.05) is 30.3 Å². The third-order valence-electron chi connectivity index (χ3n) is 4.82. The molecule has 1 amide bonds. The van der Waals surface area contributed by atoms with Crippen molar-refractivity contribution >= 4 is 22.8 Å². The van der Waals surface area contributed by atoms with E-state index in [9.17, 15) is 10.1 Å². The minimum atomic E-state index is -0.476. The number of carbonyl (C=O) groups is 1. The van der Waals surface area contributed by atoms with Gasteiger partial charge >= 0.3 is 0 Å². The molecule has 3 aromatic carbocycles. The maximum atomic E-state index is 12.8. The third kappa shape index (κ3) is 4.96. The van der Waals surface area contributed by atoms with Crippen LogP contribution in [0.3, 0.4) is 0 Å². The van der Waals surface area contributed by atoms with Crippen LogP contribution in [0.1, 0.15) is 18.1 Å². The Morgan fingerprint density at radius 1 is 1.06 bits per heavy atom. The molecule has 1 N–H and O–H groups in total. The SMILES string of the molecule is CCOc1ccc2ccccc2c1/C=C(\C#N)C(=O)NCc1ccc(OC)cc1OC. The van der Waals surface area contributed by atoms with Crippen LogP contribution in [0.25, 0.3) is 16.8 Å². The Morgan fingerprint density at radius 2 is 1.87 bits per heavy atom. The van der Waals surface area contributed by atoms with E-state index in [1.165, 1.54) is 0 Å². The number of ether oxygens (including phenoxy) is 3. The van der Waals surface area contributed by atoms with E-state index in [4.69, 9.17) is 14.2 Å². The van der Waals surface area contributed by atoms with Crippen LogP contribution < -0.4 is 19.5 Å². The topological polar surface area (TPSA) is 80.6 Å². The third-order valence-corrected chi connectivity index (χ3v) is 4.82. The number of carbonyl (C=O) groups excluding carboxylic acids is 1. The van der Waals surface area contributed by atoms with Crippen molar-refractivity contribution in [2.45, 2.75) is 13.5 Å². The van der Waals surface area contributed by atoms with Crippen LogP contribution in [0, 0.1) is 11.3 Å². The van der Waals surface area contributed by atoms with E-state index in [-0.39, 0.29) is 12.1 Å². The summed E-state index contributed by atoms with van der Waals surface area (Å²) in [4.78, 5) is 12.8. The first-order valence-electron chi connectivity index (χ1n) is 9.86. The second-order valence-corrected chi connectivity index (χ2v) is 6.66. The quantitative estimate of drug-likeness (QED) is 0.433. The van der Waals surface area contributed by atoms with Crippen molar-refractivity contribution in [2.75, 3.05) is 20.8 Å². The Hall–Kier alpha value is -3.98. The van der Waals surface area contributed by atoms with Gasteiger partial charge < -0.3 is 19.5 Å². The number of nitrogens with one attached hydrogen (secondary N) is 1.